The predicted octanol–water partition coefficient (Wildman–Crippen LogP) is 1.69. The lowest BCUT2D eigenvalue weighted by Gasteiger charge is -2.70. The van der Waals surface area contributed by atoms with Gasteiger partial charge in [-0.25, -0.2) is 4.79 Å². The molecule has 0 aromatic heterocycles. The minimum atomic E-state index is -1.58. The number of ether oxygens (including phenoxy) is 7. The average Bonchev–Trinajstić information content (AvgIpc) is 3.43. The molecule has 1 aromatic carbocycles. The summed E-state index contributed by atoms with van der Waals surface area (Å²) in [6, 6.07) is 6.44. The molecule has 1 aromatic rings. The number of aliphatic hydroxyl groups is 2. The second-order valence-corrected chi connectivity index (χ2v) is 14.7. The number of likely N-dealkylation sites (tertiary alicyclic amines) is 1. The van der Waals surface area contributed by atoms with Gasteiger partial charge in [0.1, 0.15) is 23.1 Å². The molecule has 0 amide bonds. The van der Waals surface area contributed by atoms with Crippen LogP contribution in [0.25, 0.3) is 0 Å². The summed E-state index contributed by atoms with van der Waals surface area (Å²) in [6.45, 7) is 5.04. The van der Waals surface area contributed by atoms with Gasteiger partial charge >= 0.3 is 11.9 Å². The van der Waals surface area contributed by atoms with Gasteiger partial charge in [-0.05, 0) is 43.1 Å². The Morgan fingerprint density at radius 3 is 2.26 bits per heavy atom. The number of aliphatic hydroxyl groups excluding tert-OH is 1. The molecule has 1 saturated heterocycles. The molecule has 0 radical (unpaired) electrons. The number of piperidine rings is 1. The molecule has 2 N–H and O–H groups in total. The molecule has 12 heteroatoms. The Morgan fingerprint density at radius 1 is 0.979 bits per heavy atom. The summed E-state index contributed by atoms with van der Waals surface area (Å²) >= 11 is 0. The number of nitrogens with zero attached hydrogens (tertiary/aromatic N) is 1. The van der Waals surface area contributed by atoms with Crippen LogP contribution in [0.1, 0.15) is 43.5 Å². The lowest BCUT2D eigenvalue weighted by atomic mass is 9.42. The minimum absolute atomic E-state index is 0.179. The van der Waals surface area contributed by atoms with E-state index in [2.05, 4.69) is 11.8 Å². The van der Waals surface area contributed by atoms with Crippen molar-refractivity contribution in [1.82, 2.24) is 4.90 Å². The van der Waals surface area contributed by atoms with E-state index in [9.17, 15) is 19.8 Å². The monoisotopic (exact) mass is 659 g/mol. The second-order valence-electron chi connectivity index (χ2n) is 14.7. The van der Waals surface area contributed by atoms with Crippen molar-refractivity contribution >= 4 is 11.9 Å². The van der Waals surface area contributed by atoms with E-state index in [1.54, 1.807) is 52.7 Å². The summed E-state index contributed by atoms with van der Waals surface area (Å²) in [5.41, 5.74) is -3.89. The molecule has 260 valence electrons. The molecule has 5 unspecified atom stereocenters. The van der Waals surface area contributed by atoms with Crippen LogP contribution in [0, 0.1) is 34.5 Å². The van der Waals surface area contributed by atoms with Crippen LogP contribution < -0.4 is 4.74 Å². The summed E-state index contributed by atoms with van der Waals surface area (Å²) in [7, 11) is 8.11. The van der Waals surface area contributed by atoms with E-state index in [0.29, 0.717) is 37.4 Å². The molecule has 6 aliphatic rings. The molecule has 7 rings (SSSR count). The molecule has 7 bridgehead atoms. The molecule has 5 aliphatic carbocycles. The molecular formula is C35H49NO11. The Bertz CT molecular complexity index is 1390. The molecule has 47 heavy (non-hydrogen) atoms. The van der Waals surface area contributed by atoms with Gasteiger partial charge in [-0.3, -0.25) is 9.69 Å². The van der Waals surface area contributed by atoms with Gasteiger partial charge < -0.3 is 43.4 Å². The van der Waals surface area contributed by atoms with Gasteiger partial charge in [-0.15, -0.1) is 0 Å². The zero-order valence-electron chi connectivity index (χ0n) is 28.3. The van der Waals surface area contributed by atoms with E-state index in [1.165, 1.54) is 14.0 Å². The Kier molecular flexibility index (Phi) is 8.02. The van der Waals surface area contributed by atoms with Crippen molar-refractivity contribution in [1.29, 1.82) is 0 Å². The number of rotatable bonds is 10. The first-order valence-corrected chi connectivity index (χ1v) is 16.7. The number of carbonyl (C=O) groups is 2. The van der Waals surface area contributed by atoms with Crippen LogP contribution in [-0.2, 0) is 33.2 Å². The van der Waals surface area contributed by atoms with Crippen LogP contribution in [-0.4, -0.2) is 130 Å². The Morgan fingerprint density at radius 2 is 1.68 bits per heavy atom. The summed E-state index contributed by atoms with van der Waals surface area (Å²) in [6.07, 6.45) is -2.70. The van der Waals surface area contributed by atoms with Crippen molar-refractivity contribution in [2.45, 2.75) is 80.9 Å². The van der Waals surface area contributed by atoms with Crippen LogP contribution in [0.4, 0.5) is 0 Å². The molecule has 1 aliphatic heterocycles. The Hall–Kier alpha value is -2.32. The summed E-state index contributed by atoms with van der Waals surface area (Å²) in [4.78, 5) is 29.5. The van der Waals surface area contributed by atoms with Crippen molar-refractivity contribution in [3.63, 3.8) is 0 Å². The van der Waals surface area contributed by atoms with E-state index in [1.807, 2.05) is 0 Å². The van der Waals surface area contributed by atoms with Crippen LogP contribution in [0.3, 0.4) is 0 Å². The molecule has 5 saturated carbocycles. The number of fused-ring (bicyclic) bond motifs is 2. The third-order valence-corrected chi connectivity index (χ3v) is 13.4. The van der Waals surface area contributed by atoms with Crippen molar-refractivity contribution < 1.29 is 53.0 Å². The van der Waals surface area contributed by atoms with E-state index < -0.39 is 76.3 Å². The lowest BCUT2D eigenvalue weighted by Crippen LogP contribution is -2.79. The van der Waals surface area contributed by atoms with E-state index in [-0.39, 0.29) is 30.7 Å². The van der Waals surface area contributed by atoms with Crippen LogP contribution >= 0.6 is 0 Å². The Balaban J connectivity index is 1.47. The number of esters is 2. The van der Waals surface area contributed by atoms with Gasteiger partial charge in [0.15, 0.2) is 0 Å². The van der Waals surface area contributed by atoms with Gasteiger partial charge in [0, 0.05) is 89.4 Å². The zero-order chi connectivity index (χ0) is 33.7. The number of carbonyl (C=O) groups excluding carboxylic acids is 2. The summed E-state index contributed by atoms with van der Waals surface area (Å²) in [5, 5.41) is 24.8. The number of methoxy groups -OCH3 is 5. The summed E-state index contributed by atoms with van der Waals surface area (Å²) < 4.78 is 43.2. The zero-order valence-corrected chi connectivity index (χ0v) is 28.3. The van der Waals surface area contributed by atoms with Crippen LogP contribution in [0.5, 0.6) is 5.75 Å². The van der Waals surface area contributed by atoms with Gasteiger partial charge in [-0.1, -0.05) is 6.92 Å². The Labute approximate surface area is 275 Å². The van der Waals surface area contributed by atoms with Gasteiger partial charge in [0.05, 0.1) is 43.7 Å². The standard InChI is InChI=1S/C35H49NO11/c1-8-36-16-32(17-41-3)22(38)13-23(43-5)35-21-14-33(40)24(44-6)15-34(47-18(2)37,26(29(35)36)27(45-7)28(32)35)25(21)30(33)46-31(39)19-9-11-20(42-4)12-10-19/h9-12,21-30,38,40H,8,13-17H2,1-7H3/t21?,22-,23+,24+,25?,26?,27+,28?,29?,30-,32+,33+,34-,35+/m1/s1. The highest BCUT2D eigenvalue weighted by Crippen LogP contribution is 2.80. The fraction of sp³-hybridized carbons (Fsp3) is 0.771. The molecule has 12 nitrogen and oxygen atoms in total. The first kappa shape index (κ1) is 33.2. The average molecular weight is 660 g/mol. The van der Waals surface area contributed by atoms with E-state index in [4.69, 9.17) is 33.2 Å². The number of benzene rings is 1. The first-order valence-electron chi connectivity index (χ1n) is 16.7. The van der Waals surface area contributed by atoms with Gasteiger partial charge in [0.25, 0.3) is 0 Å². The fourth-order valence-corrected chi connectivity index (χ4v) is 12.4. The van der Waals surface area contributed by atoms with Crippen molar-refractivity contribution in [2.24, 2.45) is 34.5 Å². The molecule has 6 fully saturated rings. The third kappa shape index (κ3) is 4.00. The highest BCUT2D eigenvalue weighted by molar-refractivity contribution is 5.89. The topological polar surface area (TPSA) is 142 Å². The molecule has 14 atom stereocenters. The SMILES string of the molecule is CCN1C[C@@]2(COC)C3[C@@H](OC)C4C1[C@@]3(C1C[C@]3(O)[C@@H](OC)C[C@@]4(OC(C)=O)C1[C@H]3OC(=O)c1ccc(OC)cc1)[C@@H](OC)C[C@H]2O. The first-order chi connectivity index (χ1) is 22.5. The lowest BCUT2D eigenvalue weighted by molar-refractivity contribution is -0.300. The van der Waals surface area contributed by atoms with Crippen molar-refractivity contribution in [3.05, 3.63) is 29.8 Å². The number of hydrogen-bond donors (Lipinski definition) is 2. The maximum absolute atomic E-state index is 13.9. The van der Waals surface area contributed by atoms with Crippen LogP contribution in [0.15, 0.2) is 24.3 Å². The fourth-order valence-electron chi connectivity index (χ4n) is 12.4. The van der Waals surface area contributed by atoms with E-state index >= 15 is 0 Å². The summed E-state index contributed by atoms with van der Waals surface area (Å²) in [5.74, 6) is -2.10. The normalized spacial score (nSPS) is 47.4. The highest BCUT2D eigenvalue weighted by atomic mass is 16.6. The maximum atomic E-state index is 13.9. The minimum Gasteiger partial charge on any atom is -0.497 e. The maximum Gasteiger partial charge on any atom is 0.338 e. The quantitative estimate of drug-likeness (QED) is 0.353. The smallest absolute Gasteiger partial charge is 0.338 e. The van der Waals surface area contributed by atoms with Crippen LogP contribution in [0.2, 0.25) is 0 Å². The third-order valence-electron chi connectivity index (χ3n) is 13.4. The highest BCUT2D eigenvalue weighted by Gasteiger charge is 2.90. The predicted molar refractivity (Wildman–Crippen MR) is 166 cm³/mol. The van der Waals surface area contributed by atoms with Crippen molar-refractivity contribution in [3.8, 4) is 5.75 Å². The molecule has 1 heterocycles. The van der Waals surface area contributed by atoms with Gasteiger partial charge in [0.2, 0.25) is 0 Å². The largest absolute Gasteiger partial charge is 0.497 e. The van der Waals surface area contributed by atoms with E-state index in [0.717, 1.165) is 0 Å². The molecular weight excluding hydrogens is 610 g/mol. The second kappa shape index (κ2) is 11.4. The van der Waals surface area contributed by atoms with Crippen molar-refractivity contribution in [2.75, 3.05) is 55.2 Å². The number of hydrogen-bond acceptors (Lipinski definition) is 12. The van der Waals surface area contributed by atoms with Gasteiger partial charge in [-0.2, -0.15) is 0 Å². The molecule has 1 spiro atoms.